The third-order valence-corrected chi connectivity index (χ3v) is 2.62. The average molecular weight is 200 g/mol. The van der Waals surface area contributed by atoms with Crippen molar-refractivity contribution < 1.29 is 9.84 Å². The third-order valence-electron chi connectivity index (χ3n) is 2.40. The van der Waals surface area contributed by atoms with Crippen molar-refractivity contribution in [2.24, 2.45) is 0 Å². The first-order chi connectivity index (χ1) is 6.27. The standard InChI is InChI=1S/C9H10ClNO2/c10-8-2-1-7(3-11-8)9(4-12)5-13-6-9/h1-3,12H,4-6H2. The number of rotatable bonds is 2. The summed E-state index contributed by atoms with van der Waals surface area (Å²) in [7, 11) is 0. The monoisotopic (exact) mass is 199 g/mol. The Morgan fingerprint density at radius 1 is 1.54 bits per heavy atom. The zero-order chi connectivity index (χ0) is 9.31. The molecule has 1 saturated heterocycles. The summed E-state index contributed by atoms with van der Waals surface area (Å²) in [5.74, 6) is 0. The number of aliphatic hydroxyl groups excluding tert-OH is 1. The zero-order valence-corrected chi connectivity index (χ0v) is 7.79. The Balaban J connectivity index is 2.28. The molecular weight excluding hydrogens is 190 g/mol. The van der Waals surface area contributed by atoms with E-state index in [-0.39, 0.29) is 12.0 Å². The number of hydrogen-bond donors (Lipinski definition) is 1. The lowest BCUT2D eigenvalue weighted by molar-refractivity contribution is -0.0843. The van der Waals surface area contributed by atoms with Crippen molar-refractivity contribution in [1.29, 1.82) is 0 Å². The SMILES string of the molecule is OCC1(c2ccc(Cl)nc2)COC1. The molecule has 4 heteroatoms. The molecule has 0 aliphatic carbocycles. The smallest absolute Gasteiger partial charge is 0.129 e. The van der Waals surface area contributed by atoms with E-state index in [4.69, 9.17) is 16.3 Å². The van der Waals surface area contributed by atoms with Gasteiger partial charge >= 0.3 is 0 Å². The Bertz CT molecular complexity index is 289. The highest BCUT2D eigenvalue weighted by Gasteiger charge is 2.39. The summed E-state index contributed by atoms with van der Waals surface area (Å²) < 4.78 is 5.09. The molecule has 1 fully saturated rings. The van der Waals surface area contributed by atoms with Gasteiger partial charge in [-0.2, -0.15) is 0 Å². The molecule has 0 saturated carbocycles. The van der Waals surface area contributed by atoms with Crippen LogP contribution < -0.4 is 0 Å². The molecule has 1 aliphatic rings. The number of hydrogen-bond acceptors (Lipinski definition) is 3. The summed E-state index contributed by atoms with van der Waals surface area (Å²) in [6, 6.07) is 3.61. The summed E-state index contributed by atoms with van der Waals surface area (Å²) in [6.07, 6.45) is 1.70. The van der Waals surface area contributed by atoms with Crippen molar-refractivity contribution in [1.82, 2.24) is 4.98 Å². The fourth-order valence-electron chi connectivity index (χ4n) is 1.39. The van der Waals surface area contributed by atoms with Gasteiger partial charge in [0.2, 0.25) is 0 Å². The van der Waals surface area contributed by atoms with Gasteiger partial charge in [0.1, 0.15) is 5.15 Å². The van der Waals surface area contributed by atoms with Crippen LogP contribution in [0.5, 0.6) is 0 Å². The number of aliphatic hydroxyl groups is 1. The highest BCUT2D eigenvalue weighted by Crippen LogP contribution is 2.31. The van der Waals surface area contributed by atoms with Crippen molar-refractivity contribution in [3.05, 3.63) is 29.0 Å². The second-order valence-corrected chi connectivity index (χ2v) is 3.69. The molecule has 70 valence electrons. The lowest BCUT2D eigenvalue weighted by Crippen LogP contribution is -2.49. The van der Waals surface area contributed by atoms with E-state index < -0.39 is 0 Å². The minimum atomic E-state index is -0.239. The maximum atomic E-state index is 9.22. The van der Waals surface area contributed by atoms with Crippen molar-refractivity contribution in [2.45, 2.75) is 5.41 Å². The van der Waals surface area contributed by atoms with Crippen LogP contribution in [0.4, 0.5) is 0 Å². The first kappa shape index (κ1) is 8.94. The van der Waals surface area contributed by atoms with Crippen molar-refractivity contribution >= 4 is 11.6 Å². The third kappa shape index (κ3) is 1.43. The lowest BCUT2D eigenvalue weighted by atomic mass is 9.80. The van der Waals surface area contributed by atoms with E-state index in [1.807, 2.05) is 6.07 Å². The molecule has 0 aromatic carbocycles. The van der Waals surface area contributed by atoms with Crippen LogP contribution in [0.3, 0.4) is 0 Å². The predicted molar refractivity (Wildman–Crippen MR) is 48.8 cm³/mol. The molecule has 0 spiro atoms. The normalized spacial score (nSPS) is 19.5. The van der Waals surface area contributed by atoms with Crippen LogP contribution in [-0.4, -0.2) is 29.9 Å². The topological polar surface area (TPSA) is 42.4 Å². The first-order valence-corrected chi connectivity index (χ1v) is 4.45. The highest BCUT2D eigenvalue weighted by atomic mass is 35.5. The Kier molecular flexibility index (Phi) is 2.24. The molecule has 0 radical (unpaired) electrons. The van der Waals surface area contributed by atoms with E-state index in [1.54, 1.807) is 12.3 Å². The zero-order valence-electron chi connectivity index (χ0n) is 7.03. The molecular formula is C9H10ClNO2. The minimum Gasteiger partial charge on any atom is -0.395 e. The van der Waals surface area contributed by atoms with Gasteiger partial charge in [0.15, 0.2) is 0 Å². The molecule has 0 amide bonds. The molecule has 0 unspecified atom stereocenters. The quantitative estimate of drug-likeness (QED) is 0.723. The fourth-order valence-corrected chi connectivity index (χ4v) is 1.50. The van der Waals surface area contributed by atoms with Crippen LogP contribution in [0.1, 0.15) is 5.56 Å². The number of nitrogens with zero attached hydrogens (tertiary/aromatic N) is 1. The van der Waals surface area contributed by atoms with Crippen LogP contribution in [0, 0.1) is 0 Å². The predicted octanol–water partition coefficient (Wildman–Crippen LogP) is 0.995. The fraction of sp³-hybridized carbons (Fsp3) is 0.444. The van der Waals surface area contributed by atoms with Gasteiger partial charge in [0.05, 0.1) is 25.2 Å². The molecule has 1 aromatic heterocycles. The second-order valence-electron chi connectivity index (χ2n) is 3.30. The van der Waals surface area contributed by atoms with Crippen LogP contribution in [0.15, 0.2) is 18.3 Å². The molecule has 1 aromatic rings. The van der Waals surface area contributed by atoms with Crippen molar-refractivity contribution in [3.63, 3.8) is 0 Å². The van der Waals surface area contributed by atoms with Crippen LogP contribution in [0.2, 0.25) is 5.15 Å². The summed E-state index contributed by atoms with van der Waals surface area (Å²) >= 11 is 5.66. The molecule has 2 rings (SSSR count). The van der Waals surface area contributed by atoms with E-state index in [0.29, 0.717) is 18.4 Å². The van der Waals surface area contributed by atoms with Gasteiger partial charge in [-0.3, -0.25) is 0 Å². The summed E-state index contributed by atoms with van der Waals surface area (Å²) in [5.41, 5.74) is 0.753. The number of halogens is 1. The number of pyridine rings is 1. The Morgan fingerprint density at radius 3 is 2.69 bits per heavy atom. The number of ether oxygens (including phenoxy) is 1. The van der Waals surface area contributed by atoms with Gasteiger partial charge in [-0.15, -0.1) is 0 Å². The van der Waals surface area contributed by atoms with Gasteiger partial charge in [-0.1, -0.05) is 17.7 Å². The lowest BCUT2D eigenvalue weighted by Gasteiger charge is -2.39. The van der Waals surface area contributed by atoms with Gasteiger partial charge in [-0.25, -0.2) is 4.98 Å². The maximum Gasteiger partial charge on any atom is 0.129 e. The maximum absolute atomic E-state index is 9.22. The van der Waals surface area contributed by atoms with Gasteiger partial charge < -0.3 is 9.84 Å². The van der Waals surface area contributed by atoms with E-state index in [2.05, 4.69) is 4.98 Å². The Morgan fingerprint density at radius 2 is 2.31 bits per heavy atom. The highest BCUT2D eigenvalue weighted by molar-refractivity contribution is 6.29. The molecule has 1 aliphatic heterocycles. The van der Waals surface area contributed by atoms with Gasteiger partial charge in [0, 0.05) is 6.20 Å². The van der Waals surface area contributed by atoms with E-state index >= 15 is 0 Å². The second kappa shape index (κ2) is 3.25. The summed E-state index contributed by atoms with van der Waals surface area (Å²) in [4.78, 5) is 3.97. The Labute approximate surface area is 81.3 Å². The van der Waals surface area contributed by atoms with E-state index in [0.717, 1.165) is 5.56 Å². The first-order valence-electron chi connectivity index (χ1n) is 4.07. The van der Waals surface area contributed by atoms with Gasteiger partial charge in [-0.05, 0) is 11.6 Å². The minimum absolute atomic E-state index is 0.0936. The van der Waals surface area contributed by atoms with Gasteiger partial charge in [0.25, 0.3) is 0 Å². The molecule has 3 nitrogen and oxygen atoms in total. The molecule has 0 bridgehead atoms. The van der Waals surface area contributed by atoms with Crippen LogP contribution in [0.25, 0.3) is 0 Å². The van der Waals surface area contributed by atoms with E-state index in [1.165, 1.54) is 0 Å². The van der Waals surface area contributed by atoms with Crippen LogP contribution in [-0.2, 0) is 10.2 Å². The molecule has 1 N–H and O–H groups in total. The molecule has 13 heavy (non-hydrogen) atoms. The molecule has 2 heterocycles. The van der Waals surface area contributed by atoms with Crippen molar-refractivity contribution in [3.8, 4) is 0 Å². The number of aromatic nitrogens is 1. The average Bonchev–Trinajstić information content (AvgIpc) is 2.07. The Hall–Kier alpha value is -0.640. The largest absolute Gasteiger partial charge is 0.395 e. The molecule has 0 atom stereocenters. The summed E-state index contributed by atoms with van der Waals surface area (Å²) in [5, 5.41) is 9.69. The van der Waals surface area contributed by atoms with E-state index in [9.17, 15) is 5.11 Å². The summed E-state index contributed by atoms with van der Waals surface area (Å²) in [6.45, 7) is 1.22. The van der Waals surface area contributed by atoms with Crippen LogP contribution >= 0.6 is 11.6 Å². The van der Waals surface area contributed by atoms with Crippen molar-refractivity contribution in [2.75, 3.05) is 19.8 Å².